The summed E-state index contributed by atoms with van der Waals surface area (Å²) in [4.78, 5) is 3.77. The highest BCUT2D eigenvalue weighted by molar-refractivity contribution is 9.08. The van der Waals surface area contributed by atoms with Gasteiger partial charge in [-0.3, -0.25) is 0 Å². The molecule has 4 nitrogen and oxygen atoms in total. The van der Waals surface area contributed by atoms with E-state index in [1.807, 2.05) is 46.0 Å². The average Bonchev–Trinajstić information content (AvgIpc) is 3.12. The normalized spacial score (nSPS) is 11.5. The second-order valence-electron chi connectivity index (χ2n) is 4.97. The second kappa shape index (κ2) is 5.52. The average molecular weight is 420 g/mol. The lowest BCUT2D eigenvalue weighted by atomic mass is 10.2. The van der Waals surface area contributed by atoms with Crippen molar-refractivity contribution in [3.63, 3.8) is 0 Å². The highest BCUT2D eigenvalue weighted by atomic mass is 79.9. The molecule has 0 saturated carbocycles. The minimum absolute atomic E-state index is 0.714. The molecule has 2 heterocycles. The van der Waals surface area contributed by atoms with Crippen molar-refractivity contribution < 1.29 is 0 Å². The summed E-state index contributed by atoms with van der Waals surface area (Å²) < 4.78 is 0. The first-order valence-corrected chi connectivity index (χ1v) is 9.13. The van der Waals surface area contributed by atoms with Gasteiger partial charge in [0.25, 0.3) is 0 Å². The predicted octanol–water partition coefficient (Wildman–Crippen LogP) is 4.49. The van der Waals surface area contributed by atoms with E-state index in [-0.39, 0.29) is 0 Å². The zero-order valence-corrected chi connectivity index (χ0v) is 14.7. The quantitative estimate of drug-likeness (QED) is 0.458. The van der Waals surface area contributed by atoms with E-state index in [2.05, 4.69) is 44.0 Å². The molecule has 110 valence electrons. The Bertz CT molecular complexity index is 891. The van der Waals surface area contributed by atoms with Gasteiger partial charge in [-0.1, -0.05) is 68.3 Å². The Morgan fingerprint density at radius 1 is 0.682 bits per heavy atom. The van der Waals surface area contributed by atoms with E-state index in [1.54, 1.807) is 0 Å². The van der Waals surface area contributed by atoms with Gasteiger partial charge in [0.15, 0.2) is 0 Å². The zero-order valence-electron chi connectivity index (χ0n) is 11.6. The summed E-state index contributed by atoms with van der Waals surface area (Å²) in [6.45, 7) is 0. The Morgan fingerprint density at radius 3 is 1.50 bits per heavy atom. The maximum absolute atomic E-state index is 4.72. The van der Waals surface area contributed by atoms with Crippen LogP contribution in [0.2, 0.25) is 0 Å². The van der Waals surface area contributed by atoms with Crippen LogP contribution in [0, 0.1) is 0 Å². The van der Waals surface area contributed by atoms with Crippen LogP contribution in [0.15, 0.2) is 48.5 Å². The third-order valence-electron chi connectivity index (χ3n) is 3.75. The molecule has 0 spiro atoms. The Hall–Kier alpha value is -1.66. The minimum atomic E-state index is 0.714. The topological polar surface area (TPSA) is 35.6 Å². The number of rotatable bonds is 3. The number of aromatic nitrogens is 4. The lowest BCUT2D eigenvalue weighted by Gasteiger charge is -2.08. The molecule has 0 aliphatic heterocycles. The van der Waals surface area contributed by atoms with Crippen molar-refractivity contribution in [1.29, 1.82) is 0 Å². The number of alkyl halides is 2. The molecule has 0 atom stereocenters. The molecular weight excluding hydrogens is 408 g/mol. The number of nitrogens with zero attached hydrogens (tertiary/aromatic N) is 4. The van der Waals surface area contributed by atoms with E-state index >= 15 is 0 Å². The lowest BCUT2D eigenvalue weighted by Crippen LogP contribution is -2.17. The largest absolute Gasteiger partial charge is 0.153 e. The van der Waals surface area contributed by atoms with Gasteiger partial charge in [-0.15, -0.1) is 0 Å². The molecule has 2 aromatic carbocycles. The fraction of sp³-hybridized carbons (Fsp3) is 0.125. The number of halogens is 2. The van der Waals surface area contributed by atoms with Gasteiger partial charge in [-0.05, 0) is 12.1 Å². The van der Waals surface area contributed by atoms with Crippen LogP contribution in [0.5, 0.6) is 0 Å². The van der Waals surface area contributed by atoms with Gasteiger partial charge < -0.3 is 0 Å². The molecule has 4 rings (SSSR count). The summed E-state index contributed by atoms with van der Waals surface area (Å²) in [5, 5.41) is 13.2. The van der Waals surface area contributed by atoms with Crippen LogP contribution in [0.4, 0.5) is 0 Å². The summed E-state index contributed by atoms with van der Waals surface area (Å²) in [6, 6.07) is 16.3. The SMILES string of the molecule is BrCc1c2ccccc2nn1-n1nc2ccccc2c1CBr. The van der Waals surface area contributed by atoms with Gasteiger partial charge >= 0.3 is 0 Å². The van der Waals surface area contributed by atoms with Crippen LogP contribution in [-0.4, -0.2) is 19.8 Å². The van der Waals surface area contributed by atoms with Crippen LogP contribution >= 0.6 is 31.9 Å². The third kappa shape index (κ3) is 2.01. The van der Waals surface area contributed by atoms with Crippen molar-refractivity contribution in [2.24, 2.45) is 0 Å². The molecule has 4 aromatic rings. The molecule has 0 unspecified atom stereocenters. The molecule has 0 bridgehead atoms. The first-order chi connectivity index (χ1) is 10.8. The van der Waals surface area contributed by atoms with E-state index in [1.165, 1.54) is 0 Å². The zero-order chi connectivity index (χ0) is 15.1. The first kappa shape index (κ1) is 14.0. The number of hydrogen-bond donors (Lipinski definition) is 0. The van der Waals surface area contributed by atoms with Crippen LogP contribution in [0.3, 0.4) is 0 Å². The molecule has 0 amide bonds. The molecule has 0 aliphatic rings. The van der Waals surface area contributed by atoms with Crippen LogP contribution in [0.25, 0.3) is 21.8 Å². The molecule has 0 radical (unpaired) electrons. The summed E-state index contributed by atoms with van der Waals surface area (Å²) in [5.41, 5.74) is 4.12. The smallest absolute Gasteiger partial charge is 0.0948 e. The van der Waals surface area contributed by atoms with E-state index < -0.39 is 0 Å². The standard InChI is InChI=1S/C16H12Br2N4/c17-9-15-11-5-1-3-7-13(11)19-21(15)22-16(10-18)12-6-2-4-8-14(12)20-22/h1-8H,9-10H2. The molecule has 0 N–H and O–H groups in total. The predicted molar refractivity (Wildman–Crippen MR) is 95.5 cm³/mol. The Kier molecular flexibility index (Phi) is 3.50. The summed E-state index contributed by atoms with van der Waals surface area (Å²) in [6.07, 6.45) is 0. The van der Waals surface area contributed by atoms with Gasteiger partial charge in [0, 0.05) is 21.4 Å². The molecule has 0 saturated heterocycles. The van der Waals surface area contributed by atoms with Crippen LogP contribution in [-0.2, 0) is 10.7 Å². The number of hydrogen-bond acceptors (Lipinski definition) is 2. The maximum atomic E-state index is 4.72. The summed E-state index contributed by atoms with van der Waals surface area (Å²) >= 11 is 7.17. The molecule has 0 fully saturated rings. The lowest BCUT2D eigenvalue weighted by molar-refractivity contribution is 0.490. The maximum Gasteiger partial charge on any atom is 0.0948 e. The van der Waals surface area contributed by atoms with E-state index in [0.29, 0.717) is 10.7 Å². The summed E-state index contributed by atoms with van der Waals surface area (Å²) in [7, 11) is 0. The molecular formula is C16H12Br2N4. The Balaban J connectivity index is 2.07. The first-order valence-electron chi connectivity index (χ1n) is 6.89. The van der Waals surface area contributed by atoms with Crippen molar-refractivity contribution in [3.05, 3.63) is 59.9 Å². The van der Waals surface area contributed by atoms with Gasteiger partial charge in [-0.2, -0.15) is 19.8 Å². The molecule has 6 heteroatoms. The monoisotopic (exact) mass is 418 g/mol. The van der Waals surface area contributed by atoms with Gasteiger partial charge in [0.05, 0.1) is 22.4 Å². The highest BCUT2D eigenvalue weighted by Crippen LogP contribution is 2.25. The molecule has 0 aliphatic carbocycles. The van der Waals surface area contributed by atoms with E-state index in [9.17, 15) is 0 Å². The minimum Gasteiger partial charge on any atom is -0.153 e. The highest BCUT2D eigenvalue weighted by Gasteiger charge is 2.16. The van der Waals surface area contributed by atoms with E-state index in [4.69, 9.17) is 10.2 Å². The fourth-order valence-electron chi connectivity index (χ4n) is 2.71. The van der Waals surface area contributed by atoms with Crippen molar-refractivity contribution in [2.75, 3.05) is 0 Å². The number of fused-ring (bicyclic) bond motifs is 2. The fourth-order valence-corrected chi connectivity index (χ4v) is 3.77. The second-order valence-corrected chi connectivity index (χ2v) is 6.10. The van der Waals surface area contributed by atoms with Crippen molar-refractivity contribution in [2.45, 2.75) is 10.7 Å². The Labute approximate surface area is 144 Å². The molecule has 2 aromatic heterocycles. The van der Waals surface area contributed by atoms with E-state index in [0.717, 1.165) is 33.2 Å². The Morgan fingerprint density at radius 2 is 1.09 bits per heavy atom. The van der Waals surface area contributed by atoms with Crippen LogP contribution < -0.4 is 0 Å². The number of benzene rings is 2. The third-order valence-corrected chi connectivity index (χ3v) is 4.81. The molecule has 22 heavy (non-hydrogen) atoms. The van der Waals surface area contributed by atoms with Gasteiger partial charge in [0.2, 0.25) is 0 Å². The van der Waals surface area contributed by atoms with Gasteiger partial charge in [0.1, 0.15) is 0 Å². The van der Waals surface area contributed by atoms with Gasteiger partial charge in [-0.25, -0.2) is 0 Å². The van der Waals surface area contributed by atoms with Crippen molar-refractivity contribution in [3.8, 4) is 0 Å². The van der Waals surface area contributed by atoms with Crippen molar-refractivity contribution in [1.82, 2.24) is 19.8 Å². The van der Waals surface area contributed by atoms with Crippen LogP contribution in [0.1, 0.15) is 11.4 Å². The summed E-state index contributed by atoms with van der Waals surface area (Å²) in [5.74, 6) is 0. The van der Waals surface area contributed by atoms with Crippen molar-refractivity contribution >= 4 is 53.7 Å².